The van der Waals surface area contributed by atoms with Crippen molar-refractivity contribution >= 4 is 17.3 Å². The van der Waals surface area contributed by atoms with Crippen LogP contribution in [0.25, 0.3) is 0 Å². The van der Waals surface area contributed by atoms with Gasteiger partial charge in [-0.3, -0.25) is 4.79 Å². The first kappa shape index (κ1) is 16.6. The van der Waals surface area contributed by atoms with Gasteiger partial charge in [0.1, 0.15) is 0 Å². The smallest absolute Gasteiger partial charge is 0.310 e. The van der Waals surface area contributed by atoms with Crippen LogP contribution in [0.5, 0.6) is 0 Å². The van der Waals surface area contributed by atoms with E-state index in [0.717, 1.165) is 16.3 Å². The summed E-state index contributed by atoms with van der Waals surface area (Å²) in [6, 6.07) is 9.91. The van der Waals surface area contributed by atoms with E-state index < -0.39 is 0 Å². The van der Waals surface area contributed by atoms with Crippen molar-refractivity contribution in [1.82, 2.24) is 10.3 Å². The third-order valence-electron chi connectivity index (χ3n) is 3.71. The van der Waals surface area contributed by atoms with E-state index in [-0.39, 0.29) is 17.9 Å². The maximum atomic E-state index is 11.9. The molecule has 0 amide bonds. The number of rotatable bonds is 6. The molecule has 0 radical (unpaired) electrons. The number of aromatic nitrogens is 1. The number of thiazole rings is 1. The van der Waals surface area contributed by atoms with Crippen molar-refractivity contribution in [3.05, 3.63) is 51.5 Å². The number of methoxy groups -OCH3 is 1. The second-order valence-corrected chi connectivity index (χ2v) is 6.61. The van der Waals surface area contributed by atoms with Gasteiger partial charge in [-0.2, -0.15) is 0 Å². The Labute approximate surface area is 135 Å². The number of benzene rings is 1. The summed E-state index contributed by atoms with van der Waals surface area (Å²) in [4.78, 5) is 17.6. The van der Waals surface area contributed by atoms with Gasteiger partial charge in [-0.05, 0) is 19.4 Å². The highest BCUT2D eigenvalue weighted by Crippen LogP contribution is 2.25. The Balaban J connectivity index is 2.18. The van der Waals surface area contributed by atoms with E-state index in [2.05, 4.69) is 10.3 Å². The van der Waals surface area contributed by atoms with Gasteiger partial charge in [-0.1, -0.05) is 37.3 Å². The van der Waals surface area contributed by atoms with Gasteiger partial charge in [0, 0.05) is 17.5 Å². The minimum atomic E-state index is -0.262. The van der Waals surface area contributed by atoms with Crippen LogP contribution in [0, 0.1) is 19.8 Å². The van der Waals surface area contributed by atoms with Crippen LogP contribution in [-0.2, 0) is 16.1 Å². The van der Waals surface area contributed by atoms with E-state index >= 15 is 0 Å². The van der Waals surface area contributed by atoms with Crippen molar-refractivity contribution in [3.63, 3.8) is 0 Å². The van der Waals surface area contributed by atoms with E-state index in [9.17, 15) is 4.79 Å². The van der Waals surface area contributed by atoms with Crippen LogP contribution in [0.1, 0.15) is 34.1 Å². The molecule has 2 rings (SSSR count). The topological polar surface area (TPSA) is 51.2 Å². The molecule has 0 saturated heterocycles. The lowest BCUT2D eigenvalue weighted by molar-refractivity contribution is -0.145. The zero-order valence-electron chi connectivity index (χ0n) is 13.4. The second-order valence-electron chi connectivity index (χ2n) is 5.32. The van der Waals surface area contributed by atoms with E-state index in [1.807, 2.05) is 51.1 Å². The summed E-state index contributed by atoms with van der Waals surface area (Å²) in [6.45, 7) is 6.61. The summed E-state index contributed by atoms with van der Waals surface area (Å²) in [7, 11) is 1.43. The zero-order valence-corrected chi connectivity index (χ0v) is 14.2. The molecule has 0 aliphatic heterocycles. The molecule has 5 heteroatoms. The first-order valence-electron chi connectivity index (χ1n) is 7.32. The van der Waals surface area contributed by atoms with Crippen LogP contribution >= 0.6 is 11.3 Å². The standard InChI is InChI=1S/C17H22N2O2S/c1-11(17(20)21-4)16(14-8-6-5-7-9-14)18-10-15-12(2)19-13(3)22-15/h5-9,11,16,18H,10H2,1-4H3. The fourth-order valence-corrected chi connectivity index (χ4v) is 3.39. The molecule has 0 bridgehead atoms. The van der Waals surface area contributed by atoms with Crippen LogP contribution in [-0.4, -0.2) is 18.1 Å². The highest BCUT2D eigenvalue weighted by atomic mass is 32.1. The van der Waals surface area contributed by atoms with Crippen LogP contribution < -0.4 is 5.32 Å². The third kappa shape index (κ3) is 3.93. The molecule has 0 spiro atoms. The Morgan fingerprint density at radius 3 is 2.55 bits per heavy atom. The summed E-state index contributed by atoms with van der Waals surface area (Å²) in [5.41, 5.74) is 2.13. The predicted octanol–water partition coefficient (Wildman–Crippen LogP) is 3.40. The van der Waals surface area contributed by atoms with Gasteiger partial charge in [0.25, 0.3) is 0 Å². The van der Waals surface area contributed by atoms with E-state index in [0.29, 0.717) is 6.54 Å². The summed E-state index contributed by atoms with van der Waals surface area (Å²) >= 11 is 1.69. The van der Waals surface area contributed by atoms with Crippen LogP contribution in [0.15, 0.2) is 30.3 Å². The Morgan fingerprint density at radius 2 is 2.00 bits per heavy atom. The monoisotopic (exact) mass is 318 g/mol. The molecule has 0 saturated carbocycles. The molecule has 2 atom stereocenters. The van der Waals surface area contributed by atoms with E-state index in [1.54, 1.807) is 11.3 Å². The summed E-state index contributed by atoms with van der Waals surface area (Å²) in [5.74, 6) is -0.472. The minimum absolute atomic E-state index is 0.0875. The average molecular weight is 318 g/mol. The maximum Gasteiger partial charge on any atom is 0.310 e. The number of hydrogen-bond donors (Lipinski definition) is 1. The molecule has 1 heterocycles. The Bertz CT molecular complexity index is 625. The van der Waals surface area contributed by atoms with E-state index in [4.69, 9.17) is 4.74 Å². The van der Waals surface area contributed by atoms with Crippen LogP contribution in [0.2, 0.25) is 0 Å². The minimum Gasteiger partial charge on any atom is -0.469 e. The number of ether oxygens (including phenoxy) is 1. The van der Waals surface area contributed by atoms with Gasteiger partial charge in [0.05, 0.1) is 23.7 Å². The lowest BCUT2D eigenvalue weighted by atomic mass is 9.94. The number of aryl methyl sites for hydroxylation is 2. The molecule has 22 heavy (non-hydrogen) atoms. The maximum absolute atomic E-state index is 11.9. The fourth-order valence-electron chi connectivity index (χ4n) is 2.51. The molecule has 1 aromatic heterocycles. The zero-order chi connectivity index (χ0) is 16.1. The molecule has 1 N–H and O–H groups in total. The Hall–Kier alpha value is -1.72. The molecule has 118 valence electrons. The predicted molar refractivity (Wildman–Crippen MR) is 88.8 cm³/mol. The highest BCUT2D eigenvalue weighted by Gasteiger charge is 2.26. The van der Waals surface area contributed by atoms with Crippen molar-refractivity contribution in [2.45, 2.75) is 33.4 Å². The molecule has 4 nitrogen and oxygen atoms in total. The normalized spacial score (nSPS) is 13.6. The van der Waals surface area contributed by atoms with Gasteiger partial charge in [-0.15, -0.1) is 11.3 Å². The molecule has 2 aromatic rings. The number of carbonyl (C=O) groups excluding carboxylic acids is 1. The van der Waals surface area contributed by atoms with Crippen molar-refractivity contribution in [2.75, 3.05) is 7.11 Å². The van der Waals surface area contributed by atoms with Crippen LogP contribution in [0.3, 0.4) is 0 Å². The Kier molecular flexibility index (Phi) is 5.69. The number of nitrogens with one attached hydrogen (secondary N) is 1. The number of esters is 1. The molecule has 0 aliphatic carbocycles. The largest absolute Gasteiger partial charge is 0.469 e. The van der Waals surface area contributed by atoms with Crippen molar-refractivity contribution in [2.24, 2.45) is 5.92 Å². The summed E-state index contributed by atoms with van der Waals surface area (Å²) in [5, 5.41) is 4.55. The third-order valence-corrected chi connectivity index (χ3v) is 4.79. The first-order chi connectivity index (χ1) is 10.5. The molecule has 2 unspecified atom stereocenters. The SMILES string of the molecule is COC(=O)C(C)C(NCc1sc(C)nc1C)c1ccccc1. The van der Waals surface area contributed by atoms with E-state index in [1.165, 1.54) is 12.0 Å². The summed E-state index contributed by atoms with van der Waals surface area (Å²) < 4.78 is 4.91. The van der Waals surface area contributed by atoms with Crippen molar-refractivity contribution in [3.8, 4) is 0 Å². The van der Waals surface area contributed by atoms with Crippen LogP contribution in [0.4, 0.5) is 0 Å². The lowest BCUT2D eigenvalue weighted by Gasteiger charge is -2.24. The van der Waals surface area contributed by atoms with Crippen molar-refractivity contribution < 1.29 is 9.53 Å². The lowest BCUT2D eigenvalue weighted by Crippen LogP contribution is -2.31. The summed E-state index contributed by atoms with van der Waals surface area (Å²) in [6.07, 6.45) is 0. The average Bonchev–Trinajstić information content (AvgIpc) is 2.85. The Morgan fingerprint density at radius 1 is 1.32 bits per heavy atom. The number of hydrogen-bond acceptors (Lipinski definition) is 5. The molecule has 0 aliphatic rings. The molecule has 0 fully saturated rings. The number of carbonyl (C=O) groups is 1. The quantitative estimate of drug-likeness (QED) is 0.829. The first-order valence-corrected chi connectivity index (χ1v) is 8.13. The second kappa shape index (κ2) is 7.51. The van der Waals surface area contributed by atoms with Gasteiger partial charge in [-0.25, -0.2) is 4.98 Å². The van der Waals surface area contributed by atoms with Crippen molar-refractivity contribution in [1.29, 1.82) is 0 Å². The van der Waals surface area contributed by atoms with Gasteiger partial charge in [0.15, 0.2) is 0 Å². The number of nitrogens with zero attached hydrogens (tertiary/aromatic N) is 1. The van der Waals surface area contributed by atoms with Gasteiger partial charge >= 0.3 is 5.97 Å². The molecule has 1 aromatic carbocycles. The molecular weight excluding hydrogens is 296 g/mol. The fraction of sp³-hybridized carbons (Fsp3) is 0.412. The van der Waals surface area contributed by atoms with Gasteiger partial charge in [0.2, 0.25) is 0 Å². The van der Waals surface area contributed by atoms with Gasteiger partial charge < -0.3 is 10.1 Å². The highest BCUT2D eigenvalue weighted by molar-refractivity contribution is 7.11. The molecular formula is C17H22N2O2S.